The zero-order chi connectivity index (χ0) is 12.3. The average molecular weight is 239 g/mol. The molecule has 1 aliphatic rings. The smallest absolute Gasteiger partial charge is 0.0478 e. The lowest BCUT2D eigenvalue weighted by atomic mass is 10.1. The van der Waals surface area contributed by atoms with E-state index in [1.807, 2.05) is 0 Å². The fourth-order valence-corrected chi connectivity index (χ4v) is 1.87. The SMILES string of the molecule is C#CCCNCCCOCCCN1CC(N)C1. The molecule has 0 bridgehead atoms. The Morgan fingerprint density at radius 1 is 1.29 bits per heavy atom. The third-order valence-electron chi connectivity index (χ3n) is 2.84. The van der Waals surface area contributed by atoms with Gasteiger partial charge in [0, 0.05) is 51.9 Å². The molecule has 1 saturated heterocycles. The highest BCUT2D eigenvalue weighted by Crippen LogP contribution is 2.05. The summed E-state index contributed by atoms with van der Waals surface area (Å²) in [5.41, 5.74) is 5.70. The van der Waals surface area contributed by atoms with E-state index in [1.54, 1.807) is 0 Å². The molecule has 98 valence electrons. The Labute approximate surface area is 105 Å². The average Bonchev–Trinajstić information content (AvgIpc) is 2.29. The van der Waals surface area contributed by atoms with Crippen molar-refractivity contribution in [3.8, 4) is 12.3 Å². The van der Waals surface area contributed by atoms with Crippen molar-refractivity contribution in [1.82, 2.24) is 10.2 Å². The molecule has 1 heterocycles. The Morgan fingerprint density at radius 2 is 2.06 bits per heavy atom. The summed E-state index contributed by atoms with van der Waals surface area (Å²) in [4.78, 5) is 2.37. The first kappa shape index (κ1) is 14.5. The maximum Gasteiger partial charge on any atom is 0.0478 e. The van der Waals surface area contributed by atoms with E-state index in [2.05, 4.69) is 16.1 Å². The highest BCUT2D eigenvalue weighted by Gasteiger charge is 2.21. The Bertz CT molecular complexity index is 221. The van der Waals surface area contributed by atoms with Crippen molar-refractivity contribution < 1.29 is 4.74 Å². The molecular weight excluding hydrogens is 214 g/mol. The van der Waals surface area contributed by atoms with Crippen LogP contribution >= 0.6 is 0 Å². The first-order valence-corrected chi connectivity index (χ1v) is 6.53. The number of hydrogen-bond acceptors (Lipinski definition) is 4. The lowest BCUT2D eigenvalue weighted by molar-refractivity contribution is 0.0976. The van der Waals surface area contributed by atoms with Crippen molar-refractivity contribution in [2.45, 2.75) is 25.3 Å². The molecule has 0 aromatic heterocycles. The van der Waals surface area contributed by atoms with Gasteiger partial charge in [-0.2, -0.15) is 0 Å². The van der Waals surface area contributed by atoms with E-state index in [0.717, 1.165) is 65.2 Å². The molecule has 17 heavy (non-hydrogen) atoms. The van der Waals surface area contributed by atoms with Crippen LogP contribution in [-0.2, 0) is 4.74 Å². The molecule has 0 aromatic rings. The zero-order valence-corrected chi connectivity index (χ0v) is 10.7. The number of rotatable bonds is 10. The minimum absolute atomic E-state index is 0.407. The van der Waals surface area contributed by atoms with Crippen LogP contribution in [0.2, 0.25) is 0 Å². The molecule has 1 rings (SSSR count). The minimum Gasteiger partial charge on any atom is -0.381 e. The second-order valence-electron chi connectivity index (χ2n) is 4.54. The van der Waals surface area contributed by atoms with Gasteiger partial charge < -0.3 is 20.7 Å². The van der Waals surface area contributed by atoms with Crippen LogP contribution in [0.5, 0.6) is 0 Å². The Morgan fingerprint density at radius 3 is 2.76 bits per heavy atom. The number of terminal acetylenes is 1. The molecule has 0 aromatic carbocycles. The molecule has 4 heteroatoms. The van der Waals surface area contributed by atoms with Crippen LogP contribution < -0.4 is 11.1 Å². The monoisotopic (exact) mass is 239 g/mol. The fraction of sp³-hybridized carbons (Fsp3) is 0.846. The number of likely N-dealkylation sites (tertiary alicyclic amines) is 1. The molecule has 0 unspecified atom stereocenters. The summed E-state index contributed by atoms with van der Waals surface area (Å²) in [6, 6.07) is 0.407. The Hall–Kier alpha value is -0.600. The molecule has 0 spiro atoms. The van der Waals surface area contributed by atoms with Gasteiger partial charge in [0.2, 0.25) is 0 Å². The van der Waals surface area contributed by atoms with Crippen LogP contribution in [-0.4, -0.2) is 56.9 Å². The summed E-state index contributed by atoms with van der Waals surface area (Å²) in [6.45, 7) is 6.82. The van der Waals surface area contributed by atoms with Gasteiger partial charge in [-0.15, -0.1) is 12.3 Å². The highest BCUT2D eigenvalue weighted by atomic mass is 16.5. The second kappa shape index (κ2) is 9.43. The first-order chi connectivity index (χ1) is 8.33. The summed E-state index contributed by atoms with van der Waals surface area (Å²) in [5.74, 6) is 2.60. The fourth-order valence-electron chi connectivity index (χ4n) is 1.87. The van der Waals surface area contributed by atoms with Crippen LogP contribution in [0.4, 0.5) is 0 Å². The summed E-state index contributed by atoms with van der Waals surface area (Å²) < 4.78 is 5.55. The lowest BCUT2D eigenvalue weighted by Gasteiger charge is -2.36. The zero-order valence-electron chi connectivity index (χ0n) is 10.7. The summed E-state index contributed by atoms with van der Waals surface area (Å²) in [6.07, 6.45) is 8.11. The lowest BCUT2D eigenvalue weighted by Crippen LogP contribution is -2.55. The summed E-state index contributed by atoms with van der Waals surface area (Å²) >= 11 is 0. The highest BCUT2D eigenvalue weighted by molar-refractivity contribution is 4.84. The molecular formula is C13H25N3O. The second-order valence-corrected chi connectivity index (χ2v) is 4.54. The number of nitrogens with zero attached hydrogens (tertiary/aromatic N) is 1. The predicted octanol–water partition coefficient (Wildman–Crippen LogP) is 0.0390. The van der Waals surface area contributed by atoms with Crippen LogP contribution in [0.15, 0.2) is 0 Å². The van der Waals surface area contributed by atoms with Gasteiger partial charge in [0.25, 0.3) is 0 Å². The van der Waals surface area contributed by atoms with Crippen LogP contribution in [0.3, 0.4) is 0 Å². The van der Waals surface area contributed by atoms with Crippen LogP contribution in [0, 0.1) is 12.3 Å². The normalized spacial score (nSPS) is 16.7. The molecule has 3 N–H and O–H groups in total. The summed E-state index contributed by atoms with van der Waals surface area (Å²) in [5, 5.41) is 3.27. The van der Waals surface area contributed by atoms with E-state index in [0.29, 0.717) is 6.04 Å². The molecule has 0 aliphatic carbocycles. The van der Waals surface area contributed by atoms with E-state index in [4.69, 9.17) is 16.9 Å². The van der Waals surface area contributed by atoms with Gasteiger partial charge in [-0.05, 0) is 19.4 Å². The van der Waals surface area contributed by atoms with Gasteiger partial charge in [-0.1, -0.05) is 0 Å². The van der Waals surface area contributed by atoms with E-state index < -0.39 is 0 Å². The van der Waals surface area contributed by atoms with E-state index in [9.17, 15) is 0 Å². The van der Waals surface area contributed by atoms with Crippen LogP contribution in [0.1, 0.15) is 19.3 Å². The molecule has 1 fully saturated rings. The third kappa shape index (κ3) is 7.35. The van der Waals surface area contributed by atoms with Crippen molar-refractivity contribution in [2.24, 2.45) is 5.73 Å². The Kier molecular flexibility index (Phi) is 8.02. The van der Waals surface area contributed by atoms with Gasteiger partial charge in [0.15, 0.2) is 0 Å². The number of nitrogens with two attached hydrogens (primary N) is 1. The quantitative estimate of drug-likeness (QED) is 0.417. The van der Waals surface area contributed by atoms with Crippen molar-refractivity contribution in [3.05, 3.63) is 0 Å². The van der Waals surface area contributed by atoms with Gasteiger partial charge in [0.05, 0.1) is 0 Å². The van der Waals surface area contributed by atoms with E-state index in [-0.39, 0.29) is 0 Å². The predicted molar refractivity (Wildman–Crippen MR) is 70.8 cm³/mol. The van der Waals surface area contributed by atoms with Crippen molar-refractivity contribution >= 4 is 0 Å². The largest absolute Gasteiger partial charge is 0.381 e. The van der Waals surface area contributed by atoms with Gasteiger partial charge in [-0.25, -0.2) is 0 Å². The van der Waals surface area contributed by atoms with Gasteiger partial charge in [-0.3, -0.25) is 0 Å². The maximum absolute atomic E-state index is 5.70. The van der Waals surface area contributed by atoms with E-state index in [1.165, 1.54) is 0 Å². The van der Waals surface area contributed by atoms with E-state index >= 15 is 0 Å². The minimum atomic E-state index is 0.407. The standard InChI is InChI=1S/C13H25N3O/c1-2-3-6-15-7-4-9-17-10-5-8-16-11-13(14)12-16/h1,13,15H,3-12,14H2. The molecule has 4 nitrogen and oxygen atoms in total. The van der Waals surface area contributed by atoms with Gasteiger partial charge in [0.1, 0.15) is 0 Å². The number of nitrogens with one attached hydrogen (secondary N) is 1. The molecule has 0 saturated carbocycles. The third-order valence-corrected chi connectivity index (χ3v) is 2.84. The number of ether oxygens (including phenoxy) is 1. The Balaban J connectivity index is 1.69. The molecule has 1 aliphatic heterocycles. The molecule has 0 radical (unpaired) electrons. The first-order valence-electron chi connectivity index (χ1n) is 6.53. The topological polar surface area (TPSA) is 50.5 Å². The molecule has 0 atom stereocenters. The van der Waals surface area contributed by atoms with Crippen LogP contribution in [0.25, 0.3) is 0 Å². The molecule has 0 amide bonds. The summed E-state index contributed by atoms with van der Waals surface area (Å²) in [7, 11) is 0. The van der Waals surface area contributed by atoms with Gasteiger partial charge >= 0.3 is 0 Å². The van der Waals surface area contributed by atoms with Crippen molar-refractivity contribution in [1.29, 1.82) is 0 Å². The van der Waals surface area contributed by atoms with Crippen molar-refractivity contribution in [2.75, 3.05) is 45.9 Å². The van der Waals surface area contributed by atoms with Crippen molar-refractivity contribution in [3.63, 3.8) is 0 Å². The number of hydrogen-bond donors (Lipinski definition) is 2. The maximum atomic E-state index is 5.70.